The Morgan fingerprint density at radius 2 is 0.609 bits per heavy atom. The van der Waals surface area contributed by atoms with Crippen LogP contribution in [-0.4, -0.2) is 4.57 Å². The third-order valence-corrected chi connectivity index (χ3v) is 13.9. The summed E-state index contributed by atoms with van der Waals surface area (Å²) in [6.07, 6.45) is 2.32. The Morgan fingerprint density at radius 3 is 1.12 bits per heavy atom. The number of nitrogens with zero attached hydrogens (tertiary/aromatic N) is 1. The van der Waals surface area contributed by atoms with Crippen LogP contribution in [-0.2, 0) is 0 Å². The van der Waals surface area contributed by atoms with Crippen LogP contribution in [0.5, 0.6) is 0 Å². The zero-order valence-corrected chi connectivity index (χ0v) is 35.8. The second-order valence-electron chi connectivity index (χ2n) is 16.5. The van der Waals surface area contributed by atoms with Gasteiger partial charge in [0.15, 0.2) is 0 Å². The van der Waals surface area contributed by atoms with Crippen molar-refractivity contribution >= 4 is 42.4 Å². The van der Waals surface area contributed by atoms with Gasteiger partial charge in [-0.1, -0.05) is 200 Å². The Morgan fingerprint density at radius 1 is 0.250 bits per heavy atom. The molecule has 12 rings (SSSR count). The number of hydrogen-bond donors (Lipinski definition) is 0. The lowest BCUT2D eigenvalue weighted by atomic mass is 9.96. The van der Waals surface area contributed by atoms with Gasteiger partial charge in [0.2, 0.25) is 0 Å². The molecule has 0 aliphatic rings. The molecule has 10 aromatic carbocycles. The lowest BCUT2D eigenvalue weighted by molar-refractivity contribution is 1.13. The first-order valence-electron chi connectivity index (χ1n) is 21.9. The van der Waals surface area contributed by atoms with Gasteiger partial charge in [0.05, 0.1) is 5.52 Å². The van der Waals surface area contributed by atoms with E-state index in [1.165, 1.54) is 109 Å². The van der Waals surface area contributed by atoms with Crippen LogP contribution in [0, 0.1) is 0 Å². The Hall–Kier alpha value is -8.04. The van der Waals surface area contributed by atoms with E-state index in [0.29, 0.717) is 0 Å². The van der Waals surface area contributed by atoms with Crippen molar-refractivity contribution < 1.29 is 0 Å². The predicted octanol–water partition coefficient (Wildman–Crippen LogP) is 17.7. The van der Waals surface area contributed by atoms with E-state index < -0.39 is 0 Å². The molecule has 0 unspecified atom stereocenters. The van der Waals surface area contributed by atoms with Crippen molar-refractivity contribution in [3.8, 4) is 83.6 Å². The molecule has 2 aromatic heterocycles. The third kappa shape index (κ3) is 7.01. The van der Waals surface area contributed by atoms with E-state index in [4.69, 9.17) is 0 Å². The molecule has 64 heavy (non-hydrogen) atoms. The SMILES string of the molecule is c1ccc(-c2ccc(-c3ccc(-c4ccc5c(c4)c(-c4ccc(-c6ccc(-c7ccccc7)cc6)cc4)cn5-c4ccc(-c5ccc6sc7ccccc7c6c5)cc4)cc3)cc2)cc1. The number of fused-ring (bicyclic) bond motifs is 4. The van der Waals surface area contributed by atoms with Crippen molar-refractivity contribution in [3.05, 3.63) is 249 Å². The first kappa shape index (κ1) is 37.7. The van der Waals surface area contributed by atoms with Crippen molar-refractivity contribution in [1.82, 2.24) is 4.57 Å². The van der Waals surface area contributed by atoms with Crippen LogP contribution in [0.4, 0.5) is 0 Å². The van der Waals surface area contributed by atoms with E-state index in [1.54, 1.807) is 0 Å². The first-order valence-corrected chi connectivity index (χ1v) is 22.7. The van der Waals surface area contributed by atoms with Crippen molar-refractivity contribution in [2.45, 2.75) is 0 Å². The van der Waals surface area contributed by atoms with E-state index in [0.717, 1.165) is 5.69 Å². The van der Waals surface area contributed by atoms with Gasteiger partial charge in [-0.15, -0.1) is 11.3 Å². The highest BCUT2D eigenvalue weighted by atomic mass is 32.1. The quantitative estimate of drug-likeness (QED) is 0.144. The van der Waals surface area contributed by atoms with Gasteiger partial charge in [-0.25, -0.2) is 0 Å². The Labute approximate surface area is 377 Å². The third-order valence-electron chi connectivity index (χ3n) is 12.7. The fourth-order valence-electron chi connectivity index (χ4n) is 9.24. The summed E-state index contributed by atoms with van der Waals surface area (Å²) >= 11 is 1.86. The largest absolute Gasteiger partial charge is 0.316 e. The molecule has 0 aliphatic heterocycles. The van der Waals surface area contributed by atoms with Crippen LogP contribution in [0.3, 0.4) is 0 Å². The molecule has 2 heteroatoms. The number of benzene rings is 10. The molecule has 0 atom stereocenters. The Bertz CT molecular complexity index is 3580. The summed E-state index contributed by atoms with van der Waals surface area (Å²) in [6.45, 7) is 0. The number of aromatic nitrogens is 1. The molecule has 0 fully saturated rings. The van der Waals surface area contributed by atoms with Gasteiger partial charge in [0.1, 0.15) is 0 Å². The van der Waals surface area contributed by atoms with E-state index in [1.807, 2.05) is 11.3 Å². The first-order chi connectivity index (χ1) is 31.7. The average molecular weight is 832 g/mol. The van der Waals surface area contributed by atoms with Gasteiger partial charge < -0.3 is 4.57 Å². The summed E-state index contributed by atoms with van der Waals surface area (Å²) in [4.78, 5) is 0. The Kier molecular flexibility index (Phi) is 9.43. The maximum Gasteiger partial charge on any atom is 0.0535 e. The number of rotatable bonds is 8. The molecular weight excluding hydrogens is 791 g/mol. The monoisotopic (exact) mass is 831 g/mol. The molecule has 0 aliphatic carbocycles. The Balaban J connectivity index is 0.893. The molecule has 0 saturated carbocycles. The van der Waals surface area contributed by atoms with Crippen molar-refractivity contribution in [2.75, 3.05) is 0 Å². The fraction of sp³-hybridized carbons (Fsp3) is 0. The minimum Gasteiger partial charge on any atom is -0.316 e. The van der Waals surface area contributed by atoms with Gasteiger partial charge in [-0.3, -0.25) is 0 Å². The molecule has 0 radical (unpaired) electrons. The minimum absolute atomic E-state index is 1.13. The van der Waals surface area contributed by atoms with Crippen molar-refractivity contribution in [1.29, 1.82) is 0 Å². The summed E-state index contributed by atoms with van der Waals surface area (Å²) in [6, 6.07) is 88.5. The predicted molar refractivity (Wildman–Crippen MR) is 274 cm³/mol. The second-order valence-corrected chi connectivity index (χ2v) is 17.6. The summed E-state index contributed by atoms with van der Waals surface area (Å²) in [5, 5.41) is 3.86. The molecule has 2 heterocycles. The maximum absolute atomic E-state index is 2.37. The molecule has 12 aromatic rings. The topological polar surface area (TPSA) is 4.93 Å². The molecule has 1 nitrogen and oxygen atoms in total. The lowest BCUT2D eigenvalue weighted by Crippen LogP contribution is -1.92. The van der Waals surface area contributed by atoms with E-state index in [2.05, 4.69) is 253 Å². The summed E-state index contributed by atoms with van der Waals surface area (Å²) in [5.41, 5.74) is 19.3. The van der Waals surface area contributed by atoms with Crippen LogP contribution in [0.2, 0.25) is 0 Å². The van der Waals surface area contributed by atoms with Crippen LogP contribution >= 0.6 is 11.3 Å². The zero-order chi connectivity index (χ0) is 42.4. The van der Waals surface area contributed by atoms with Crippen LogP contribution < -0.4 is 0 Å². The smallest absolute Gasteiger partial charge is 0.0535 e. The van der Waals surface area contributed by atoms with E-state index in [-0.39, 0.29) is 0 Å². The zero-order valence-electron chi connectivity index (χ0n) is 35.0. The summed E-state index contributed by atoms with van der Waals surface area (Å²) in [7, 11) is 0. The molecule has 0 amide bonds. The van der Waals surface area contributed by atoms with Gasteiger partial charge in [-0.2, -0.15) is 0 Å². The van der Waals surface area contributed by atoms with E-state index >= 15 is 0 Å². The van der Waals surface area contributed by atoms with Crippen LogP contribution in [0.15, 0.2) is 249 Å². The fourth-order valence-corrected chi connectivity index (χ4v) is 10.3. The molecule has 300 valence electrons. The average Bonchev–Trinajstić information content (AvgIpc) is 3.95. The molecular formula is C62H41NS. The highest BCUT2D eigenvalue weighted by Gasteiger charge is 2.15. The van der Waals surface area contributed by atoms with Gasteiger partial charge >= 0.3 is 0 Å². The van der Waals surface area contributed by atoms with Gasteiger partial charge in [-0.05, 0) is 115 Å². The number of hydrogen-bond acceptors (Lipinski definition) is 1. The summed E-state index contributed by atoms with van der Waals surface area (Å²) in [5.74, 6) is 0. The van der Waals surface area contributed by atoms with Crippen LogP contribution in [0.1, 0.15) is 0 Å². The number of thiophene rings is 1. The molecule has 0 N–H and O–H groups in total. The highest BCUT2D eigenvalue weighted by Crippen LogP contribution is 2.39. The molecule has 0 spiro atoms. The van der Waals surface area contributed by atoms with E-state index in [9.17, 15) is 0 Å². The van der Waals surface area contributed by atoms with Gasteiger partial charge in [0.25, 0.3) is 0 Å². The minimum atomic E-state index is 1.13. The van der Waals surface area contributed by atoms with Crippen molar-refractivity contribution in [3.63, 3.8) is 0 Å². The molecule has 0 bridgehead atoms. The lowest BCUT2D eigenvalue weighted by Gasteiger charge is -2.09. The summed E-state index contributed by atoms with van der Waals surface area (Å²) < 4.78 is 5.01. The van der Waals surface area contributed by atoms with Gasteiger partial charge in [0, 0.05) is 43.0 Å². The molecule has 0 saturated heterocycles. The standard InChI is InChI=1S/C62H41NS/c1-3-9-42(10-4-1)44-15-19-46(20-16-44)48-23-25-50(26-24-48)53-33-37-60-57(39-53)59(52-29-27-49(28-30-52)47-21-17-45(18-22-47)43-11-5-2-6-12-43)41-63(60)55-35-31-51(32-36-55)54-34-38-62-58(40-54)56-13-7-8-14-61(56)64-62/h1-41H. The maximum atomic E-state index is 2.37. The van der Waals surface area contributed by atoms with Crippen molar-refractivity contribution in [2.24, 2.45) is 0 Å². The second kappa shape index (κ2) is 16.0. The van der Waals surface area contributed by atoms with Crippen LogP contribution in [0.25, 0.3) is 115 Å². The normalized spacial score (nSPS) is 11.4. The highest BCUT2D eigenvalue weighted by molar-refractivity contribution is 7.25.